The number of carbonyl (C=O) groups excluding carboxylic acids is 1. The molecule has 0 aliphatic carbocycles. The first kappa shape index (κ1) is 12.2. The smallest absolute Gasteiger partial charge is 0.264 e. The molecule has 4 heteroatoms. The van der Waals surface area contributed by atoms with Gasteiger partial charge in [-0.3, -0.25) is 4.79 Å². The third-order valence-corrected chi connectivity index (χ3v) is 4.53. The van der Waals surface area contributed by atoms with E-state index in [2.05, 4.69) is 6.07 Å². The van der Waals surface area contributed by atoms with Crippen LogP contribution in [-0.2, 0) is 13.0 Å². The summed E-state index contributed by atoms with van der Waals surface area (Å²) in [6.07, 6.45) is 0.845. The predicted molar refractivity (Wildman–Crippen MR) is 78.4 cm³/mol. The van der Waals surface area contributed by atoms with E-state index in [1.165, 1.54) is 16.0 Å². The monoisotopic (exact) mass is 272 g/mol. The number of nitrogen functional groups attached to an aromatic ring is 1. The molecular weight excluding hydrogens is 256 g/mol. The van der Waals surface area contributed by atoms with Gasteiger partial charge in [0.1, 0.15) is 0 Å². The van der Waals surface area contributed by atoms with E-state index in [1.807, 2.05) is 36.1 Å². The third-order valence-electron chi connectivity index (χ3n) is 3.54. The number of carbonyl (C=O) groups is 1. The fraction of sp³-hybridized carbons (Fsp3) is 0.267. The first-order valence-corrected chi connectivity index (χ1v) is 7.19. The lowest BCUT2D eigenvalue weighted by molar-refractivity contribution is 0.0740. The fourth-order valence-corrected chi connectivity index (χ4v) is 3.35. The summed E-state index contributed by atoms with van der Waals surface area (Å²) in [5.41, 5.74) is 9.20. The first-order valence-electron chi connectivity index (χ1n) is 6.37. The minimum Gasteiger partial charge on any atom is -0.398 e. The van der Waals surface area contributed by atoms with Crippen molar-refractivity contribution in [1.29, 1.82) is 0 Å². The molecule has 1 aliphatic rings. The normalized spacial score (nSPS) is 14.3. The van der Waals surface area contributed by atoms with Gasteiger partial charge in [-0.2, -0.15) is 0 Å². The number of hydrogen-bond donors (Lipinski definition) is 1. The highest BCUT2D eigenvalue weighted by Crippen LogP contribution is 2.26. The van der Waals surface area contributed by atoms with Crippen LogP contribution in [0, 0.1) is 6.92 Å². The summed E-state index contributed by atoms with van der Waals surface area (Å²) in [6.45, 7) is 3.43. The molecule has 0 atom stereocenters. The fourth-order valence-electron chi connectivity index (χ4n) is 2.52. The molecule has 19 heavy (non-hydrogen) atoms. The molecule has 0 unspecified atom stereocenters. The van der Waals surface area contributed by atoms with Gasteiger partial charge in [0.05, 0.1) is 4.88 Å². The topological polar surface area (TPSA) is 46.3 Å². The summed E-state index contributed by atoms with van der Waals surface area (Å²) in [4.78, 5) is 16.3. The maximum atomic E-state index is 12.4. The van der Waals surface area contributed by atoms with Gasteiger partial charge in [0.25, 0.3) is 5.91 Å². The van der Waals surface area contributed by atoms with Gasteiger partial charge in [-0.1, -0.05) is 12.1 Å². The summed E-state index contributed by atoms with van der Waals surface area (Å²) < 4.78 is 0. The number of nitrogens with zero attached hydrogens (tertiary/aromatic N) is 1. The molecule has 0 fully saturated rings. The Bertz CT molecular complexity index is 633. The Balaban J connectivity index is 1.84. The summed E-state index contributed by atoms with van der Waals surface area (Å²) in [7, 11) is 0. The van der Waals surface area contributed by atoms with Crippen LogP contribution in [0.2, 0.25) is 0 Å². The number of aryl methyl sites for hydroxylation is 1. The highest BCUT2D eigenvalue weighted by molar-refractivity contribution is 7.13. The Morgan fingerprint density at radius 1 is 1.32 bits per heavy atom. The van der Waals surface area contributed by atoms with Gasteiger partial charge in [-0.05, 0) is 42.7 Å². The van der Waals surface area contributed by atoms with Gasteiger partial charge < -0.3 is 10.6 Å². The second-order valence-corrected chi connectivity index (χ2v) is 6.16. The van der Waals surface area contributed by atoms with Gasteiger partial charge in [-0.15, -0.1) is 11.3 Å². The molecule has 2 aromatic rings. The van der Waals surface area contributed by atoms with Crippen molar-refractivity contribution in [2.45, 2.75) is 19.9 Å². The van der Waals surface area contributed by atoms with E-state index < -0.39 is 0 Å². The zero-order chi connectivity index (χ0) is 13.4. The second-order valence-electron chi connectivity index (χ2n) is 4.87. The van der Waals surface area contributed by atoms with Crippen LogP contribution >= 0.6 is 11.3 Å². The van der Waals surface area contributed by atoms with E-state index in [0.717, 1.165) is 23.5 Å². The molecule has 3 rings (SSSR count). The largest absolute Gasteiger partial charge is 0.398 e. The minimum atomic E-state index is 0.131. The summed E-state index contributed by atoms with van der Waals surface area (Å²) in [6, 6.07) is 9.85. The molecule has 0 saturated carbocycles. The molecule has 1 aliphatic heterocycles. The van der Waals surface area contributed by atoms with E-state index >= 15 is 0 Å². The summed E-state index contributed by atoms with van der Waals surface area (Å²) >= 11 is 1.56. The average Bonchev–Trinajstić information content (AvgIpc) is 2.84. The van der Waals surface area contributed by atoms with Crippen LogP contribution in [0.3, 0.4) is 0 Å². The quantitative estimate of drug-likeness (QED) is 0.811. The van der Waals surface area contributed by atoms with Gasteiger partial charge in [-0.25, -0.2) is 0 Å². The van der Waals surface area contributed by atoms with Crippen molar-refractivity contribution in [1.82, 2.24) is 4.90 Å². The van der Waals surface area contributed by atoms with Crippen molar-refractivity contribution in [2.24, 2.45) is 0 Å². The van der Waals surface area contributed by atoms with Crippen molar-refractivity contribution >= 4 is 22.9 Å². The summed E-state index contributed by atoms with van der Waals surface area (Å²) in [5.74, 6) is 0.131. The number of thiophene rings is 1. The molecule has 0 spiro atoms. The number of hydrogen-bond acceptors (Lipinski definition) is 3. The lowest BCUT2D eigenvalue weighted by Gasteiger charge is -2.29. The van der Waals surface area contributed by atoms with Crippen molar-refractivity contribution in [2.75, 3.05) is 12.3 Å². The van der Waals surface area contributed by atoms with Crippen molar-refractivity contribution in [3.8, 4) is 0 Å². The molecule has 0 radical (unpaired) electrons. The molecule has 98 valence electrons. The Hall–Kier alpha value is -1.81. The van der Waals surface area contributed by atoms with Gasteiger partial charge in [0.15, 0.2) is 0 Å². The number of fused-ring (bicyclic) bond motifs is 1. The van der Waals surface area contributed by atoms with Crippen LogP contribution in [0.1, 0.15) is 25.7 Å². The molecule has 2 N–H and O–H groups in total. The van der Waals surface area contributed by atoms with E-state index in [-0.39, 0.29) is 5.91 Å². The molecule has 2 heterocycles. The van der Waals surface area contributed by atoms with Gasteiger partial charge in [0.2, 0.25) is 0 Å². The minimum absolute atomic E-state index is 0.131. The highest BCUT2D eigenvalue weighted by atomic mass is 32.1. The Kier molecular flexibility index (Phi) is 3.03. The number of benzene rings is 1. The molecule has 1 amide bonds. The molecular formula is C15H16N2OS. The molecule has 1 aromatic heterocycles. The van der Waals surface area contributed by atoms with Gasteiger partial charge in [0, 0.05) is 23.7 Å². The number of rotatable bonds is 1. The van der Waals surface area contributed by atoms with Crippen molar-refractivity contribution in [3.63, 3.8) is 0 Å². The molecule has 0 saturated heterocycles. The maximum Gasteiger partial charge on any atom is 0.264 e. The van der Waals surface area contributed by atoms with Crippen molar-refractivity contribution in [3.05, 3.63) is 51.2 Å². The Labute approximate surface area is 116 Å². The van der Waals surface area contributed by atoms with E-state index in [1.54, 1.807) is 11.3 Å². The second kappa shape index (κ2) is 4.70. The van der Waals surface area contributed by atoms with E-state index in [4.69, 9.17) is 5.73 Å². The lowest BCUT2D eigenvalue weighted by atomic mass is 9.98. The van der Waals surface area contributed by atoms with Crippen molar-refractivity contribution < 1.29 is 4.79 Å². The van der Waals surface area contributed by atoms with Crippen LogP contribution in [0.25, 0.3) is 0 Å². The van der Waals surface area contributed by atoms with E-state index in [9.17, 15) is 4.79 Å². The Morgan fingerprint density at radius 2 is 2.16 bits per heavy atom. The van der Waals surface area contributed by atoms with E-state index in [0.29, 0.717) is 6.54 Å². The summed E-state index contributed by atoms with van der Waals surface area (Å²) in [5, 5.41) is 0. The van der Waals surface area contributed by atoms with Gasteiger partial charge >= 0.3 is 0 Å². The highest BCUT2D eigenvalue weighted by Gasteiger charge is 2.23. The lowest BCUT2D eigenvalue weighted by Crippen LogP contribution is -2.35. The molecule has 3 nitrogen and oxygen atoms in total. The number of nitrogens with two attached hydrogens (primary N) is 1. The molecule has 0 bridgehead atoms. The first-order chi connectivity index (χ1) is 9.15. The zero-order valence-corrected chi connectivity index (χ0v) is 11.7. The number of amides is 1. The van der Waals surface area contributed by atoms with Crippen LogP contribution in [-0.4, -0.2) is 17.4 Å². The predicted octanol–water partition coefficient (Wildman–Crippen LogP) is 2.84. The van der Waals surface area contributed by atoms with Crippen LogP contribution in [0.5, 0.6) is 0 Å². The van der Waals surface area contributed by atoms with Crippen LogP contribution < -0.4 is 5.73 Å². The number of anilines is 1. The average molecular weight is 272 g/mol. The third kappa shape index (κ3) is 2.24. The SMILES string of the molecule is Cc1ccc(C(=O)N2CCc3c(N)cccc3C2)s1. The van der Waals surface area contributed by atoms with Crippen LogP contribution in [0.15, 0.2) is 30.3 Å². The molecule has 1 aromatic carbocycles. The van der Waals surface area contributed by atoms with Crippen LogP contribution in [0.4, 0.5) is 5.69 Å². The standard InChI is InChI=1S/C15H16N2OS/c1-10-5-6-14(19-10)15(18)17-8-7-12-11(9-17)3-2-4-13(12)16/h2-6H,7-9,16H2,1H3. The Morgan fingerprint density at radius 3 is 2.89 bits per heavy atom. The zero-order valence-electron chi connectivity index (χ0n) is 10.8. The maximum absolute atomic E-state index is 12.4.